The number of hydrogen-bond donors (Lipinski definition) is 3. The normalized spacial score (nSPS) is 10.7. The summed E-state index contributed by atoms with van der Waals surface area (Å²) in [4.78, 5) is 0. The molecule has 0 saturated heterocycles. The SMILES string of the molecule is Cc1c(Cl)cc(F)c(O)c1-c1cn[nH]c1N. The smallest absolute Gasteiger partial charge is 0.166 e. The highest BCUT2D eigenvalue weighted by Crippen LogP contribution is 2.39. The van der Waals surface area contributed by atoms with Crippen molar-refractivity contribution < 1.29 is 9.50 Å². The van der Waals surface area contributed by atoms with Gasteiger partial charge in [0.15, 0.2) is 11.6 Å². The summed E-state index contributed by atoms with van der Waals surface area (Å²) >= 11 is 5.84. The van der Waals surface area contributed by atoms with Gasteiger partial charge in [0.05, 0.1) is 6.20 Å². The Morgan fingerprint density at radius 3 is 2.81 bits per heavy atom. The van der Waals surface area contributed by atoms with E-state index in [9.17, 15) is 9.50 Å². The molecule has 1 aromatic carbocycles. The highest BCUT2D eigenvalue weighted by Gasteiger charge is 2.18. The van der Waals surface area contributed by atoms with Crippen molar-refractivity contribution in [2.45, 2.75) is 6.92 Å². The number of phenols is 1. The number of anilines is 1. The van der Waals surface area contributed by atoms with Gasteiger partial charge in [-0.3, -0.25) is 5.10 Å². The zero-order chi connectivity index (χ0) is 11.9. The average molecular weight is 242 g/mol. The van der Waals surface area contributed by atoms with Crippen LogP contribution in [0.5, 0.6) is 5.75 Å². The summed E-state index contributed by atoms with van der Waals surface area (Å²) in [6.45, 7) is 1.67. The molecule has 0 unspecified atom stereocenters. The highest BCUT2D eigenvalue weighted by atomic mass is 35.5. The first-order valence-corrected chi connectivity index (χ1v) is 4.87. The van der Waals surface area contributed by atoms with Crippen LogP contribution in [0, 0.1) is 12.7 Å². The topological polar surface area (TPSA) is 74.9 Å². The molecule has 0 radical (unpaired) electrons. The van der Waals surface area contributed by atoms with Crippen LogP contribution < -0.4 is 5.73 Å². The fraction of sp³-hybridized carbons (Fsp3) is 0.100. The van der Waals surface area contributed by atoms with E-state index in [0.29, 0.717) is 11.1 Å². The van der Waals surface area contributed by atoms with Crippen molar-refractivity contribution in [2.75, 3.05) is 5.73 Å². The van der Waals surface area contributed by atoms with Crippen LogP contribution in [0.2, 0.25) is 5.02 Å². The Labute approximate surface area is 95.9 Å². The van der Waals surface area contributed by atoms with Crippen molar-refractivity contribution in [3.8, 4) is 16.9 Å². The maximum absolute atomic E-state index is 13.3. The van der Waals surface area contributed by atoms with Gasteiger partial charge in [0.25, 0.3) is 0 Å². The van der Waals surface area contributed by atoms with Crippen molar-refractivity contribution in [3.63, 3.8) is 0 Å². The lowest BCUT2D eigenvalue weighted by Crippen LogP contribution is -1.93. The molecule has 1 heterocycles. The Balaban J connectivity index is 2.79. The molecule has 0 amide bonds. The summed E-state index contributed by atoms with van der Waals surface area (Å²) in [6, 6.07) is 1.06. The van der Waals surface area contributed by atoms with Gasteiger partial charge < -0.3 is 10.8 Å². The number of hydrogen-bond acceptors (Lipinski definition) is 3. The second-order valence-electron chi connectivity index (χ2n) is 3.39. The molecular weight excluding hydrogens is 233 g/mol. The summed E-state index contributed by atoms with van der Waals surface area (Å²) in [5, 5.41) is 16.1. The predicted octanol–water partition coefficient (Wildman–Crippen LogP) is 2.47. The minimum absolute atomic E-state index is 0.228. The largest absolute Gasteiger partial charge is 0.504 e. The molecule has 4 N–H and O–H groups in total. The van der Waals surface area contributed by atoms with Crippen LogP contribution in [-0.4, -0.2) is 15.3 Å². The van der Waals surface area contributed by atoms with E-state index in [4.69, 9.17) is 17.3 Å². The van der Waals surface area contributed by atoms with E-state index in [0.717, 1.165) is 6.07 Å². The molecule has 4 nitrogen and oxygen atoms in total. The third-order valence-electron chi connectivity index (χ3n) is 2.39. The molecule has 2 rings (SSSR count). The maximum Gasteiger partial charge on any atom is 0.166 e. The molecule has 0 spiro atoms. The van der Waals surface area contributed by atoms with Gasteiger partial charge in [0.2, 0.25) is 0 Å². The zero-order valence-corrected chi connectivity index (χ0v) is 9.14. The number of nitrogens with two attached hydrogens (primary N) is 1. The standard InChI is InChI=1S/C10H9ClFN3O/c1-4-6(11)2-7(12)9(16)8(4)5-3-14-15-10(5)13/h2-3,16H,1H3,(H3,13,14,15). The first-order chi connectivity index (χ1) is 7.52. The highest BCUT2D eigenvalue weighted by molar-refractivity contribution is 6.31. The van der Waals surface area contributed by atoms with E-state index < -0.39 is 11.6 Å². The predicted molar refractivity (Wildman–Crippen MR) is 59.8 cm³/mol. The Morgan fingerprint density at radius 1 is 1.56 bits per heavy atom. The van der Waals surface area contributed by atoms with Gasteiger partial charge in [-0.15, -0.1) is 0 Å². The van der Waals surface area contributed by atoms with E-state index in [2.05, 4.69) is 10.2 Å². The van der Waals surface area contributed by atoms with E-state index in [1.165, 1.54) is 6.20 Å². The van der Waals surface area contributed by atoms with E-state index >= 15 is 0 Å². The number of nitrogens with zero attached hydrogens (tertiary/aromatic N) is 1. The Morgan fingerprint density at radius 2 is 2.25 bits per heavy atom. The summed E-state index contributed by atoms with van der Waals surface area (Å²) in [5.41, 5.74) is 6.85. The molecule has 0 aliphatic rings. The van der Waals surface area contributed by atoms with Gasteiger partial charge in [-0.05, 0) is 18.6 Å². The summed E-state index contributed by atoms with van der Waals surface area (Å²) in [7, 11) is 0. The van der Waals surface area contributed by atoms with Gasteiger partial charge in [-0.1, -0.05) is 11.6 Å². The fourth-order valence-electron chi connectivity index (χ4n) is 1.53. The second-order valence-corrected chi connectivity index (χ2v) is 3.79. The number of rotatable bonds is 1. The molecule has 0 aliphatic carbocycles. The van der Waals surface area contributed by atoms with Gasteiger partial charge in [0.1, 0.15) is 5.82 Å². The first-order valence-electron chi connectivity index (χ1n) is 4.49. The fourth-order valence-corrected chi connectivity index (χ4v) is 1.72. The molecule has 16 heavy (non-hydrogen) atoms. The second kappa shape index (κ2) is 3.68. The van der Waals surface area contributed by atoms with Gasteiger partial charge in [0, 0.05) is 16.1 Å². The number of phenolic OH excluding ortho intramolecular Hbond substituents is 1. The summed E-state index contributed by atoms with van der Waals surface area (Å²) < 4.78 is 13.3. The minimum Gasteiger partial charge on any atom is -0.504 e. The Hall–Kier alpha value is -1.75. The number of benzene rings is 1. The summed E-state index contributed by atoms with van der Waals surface area (Å²) in [5.74, 6) is -1.01. The third kappa shape index (κ3) is 1.49. The van der Waals surface area contributed by atoms with Crippen LogP contribution in [0.3, 0.4) is 0 Å². The molecule has 0 atom stereocenters. The van der Waals surface area contributed by atoms with Crippen LogP contribution >= 0.6 is 11.6 Å². The lowest BCUT2D eigenvalue weighted by atomic mass is 10.0. The molecule has 1 aromatic heterocycles. The molecule has 2 aromatic rings. The molecular formula is C10H9ClFN3O. The molecule has 0 bridgehead atoms. The number of H-pyrrole nitrogens is 1. The van der Waals surface area contributed by atoms with Gasteiger partial charge in [-0.2, -0.15) is 5.10 Å². The van der Waals surface area contributed by atoms with Crippen molar-refractivity contribution in [3.05, 3.63) is 28.7 Å². The van der Waals surface area contributed by atoms with E-state index in [1.807, 2.05) is 0 Å². The van der Waals surface area contributed by atoms with E-state index in [1.54, 1.807) is 6.92 Å². The van der Waals surface area contributed by atoms with Crippen LogP contribution in [-0.2, 0) is 0 Å². The summed E-state index contributed by atoms with van der Waals surface area (Å²) in [6.07, 6.45) is 1.41. The minimum atomic E-state index is -0.786. The number of aromatic hydroxyl groups is 1. The Kier molecular flexibility index (Phi) is 2.47. The maximum atomic E-state index is 13.3. The van der Waals surface area contributed by atoms with Crippen molar-refractivity contribution in [1.82, 2.24) is 10.2 Å². The monoisotopic (exact) mass is 241 g/mol. The van der Waals surface area contributed by atoms with Crippen molar-refractivity contribution in [2.24, 2.45) is 0 Å². The van der Waals surface area contributed by atoms with Crippen LogP contribution in [0.15, 0.2) is 12.3 Å². The number of aromatic amines is 1. The zero-order valence-electron chi connectivity index (χ0n) is 8.38. The van der Waals surface area contributed by atoms with Crippen molar-refractivity contribution >= 4 is 17.4 Å². The molecule has 84 valence electrons. The van der Waals surface area contributed by atoms with Crippen molar-refractivity contribution in [1.29, 1.82) is 0 Å². The number of nitrogens with one attached hydrogen (secondary N) is 1. The van der Waals surface area contributed by atoms with E-state index in [-0.39, 0.29) is 16.4 Å². The van der Waals surface area contributed by atoms with Crippen LogP contribution in [0.25, 0.3) is 11.1 Å². The van der Waals surface area contributed by atoms with Gasteiger partial charge >= 0.3 is 0 Å². The molecule has 0 fully saturated rings. The number of aromatic nitrogens is 2. The Bertz CT molecular complexity index is 527. The van der Waals surface area contributed by atoms with Crippen LogP contribution in [0.4, 0.5) is 10.2 Å². The average Bonchev–Trinajstić information content (AvgIpc) is 2.63. The number of nitrogen functional groups attached to an aromatic ring is 1. The quantitative estimate of drug-likeness (QED) is 0.718. The molecule has 0 aliphatic heterocycles. The van der Waals surface area contributed by atoms with Crippen LogP contribution in [0.1, 0.15) is 5.56 Å². The lowest BCUT2D eigenvalue weighted by molar-refractivity contribution is 0.434. The van der Waals surface area contributed by atoms with Gasteiger partial charge in [-0.25, -0.2) is 4.39 Å². The third-order valence-corrected chi connectivity index (χ3v) is 2.78. The molecule has 0 saturated carbocycles. The molecule has 6 heteroatoms. The number of halogens is 2. The first kappa shape index (κ1) is 10.8. The lowest BCUT2D eigenvalue weighted by Gasteiger charge is -2.10.